The van der Waals surface area contributed by atoms with Gasteiger partial charge in [-0.25, -0.2) is 0 Å². The third-order valence-electron chi connectivity index (χ3n) is 4.22. The summed E-state index contributed by atoms with van der Waals surface area (Å²) < 4.78 is 1.11. The molecule has 1 aliphatic rings. The second-order valence-corrected chi connectivity index (χ2v) is 6.75. The first-order valence-corrected chi connectivity index (χ1v) is 7.97. The first-order chi connectivity index (χ1) is 9.47. The number of hydrogen-bond donors (Lipinski definition) is 1. The summed E-state index contributed by atoms with van der Waals surface area (Å²) in [4.78, 5) is 13.9. The van der Waals surface area contributed by atoms with Crippen LogP contribution < -0.4 is 0 Å². The Bertz CT molecular complexity index is 503. The average molecular weight is 340 g/mol. The van der Waals surface area contributed by atoms with E-state index in [1.165, 1.54) is 11.1 Å². The minimum Gasteiger partial charge on any atom is -0.481 e. The number of rotatable bonds is 5. The molecule has 4 heteroatoms. The number of carboxylic acid groups (broad SMARTS) is 1. The molecular weight excluding hydrogens is 318 g/mol. The quantitative estimate of drug-likeness (QED) is 0.886. The fourth-order valence-corrected chi connectivity index (χ4v) is 3.70. The number of halogens is 1. The van der Waals surface area contributed by atoms with Crippen LogP contribution in [-0.2, 0) is 11.3 Å². The van der Waals surface area contributed by atoms with Gasteiger partial charge < -0.3 is 5.11 Å². The molecule has 0 amide bonds. The molecule has 2 rings (SSSR count). The third kappa shape index (κ3) is 3.23. The van der Waals surface area contributed by atoms with Gasteiger partial charge in [0.25, 0.3) is 0 Å². The van der Waals surface area contributed by atoms with Crippen molar-refractivity contribution in [3.63, 3.8) is 0 Å². The highest BCUT2D eigenvalue weighted by Crippen LogP contribution is 2.36. The van der Waals surface area contributed by atoms with Crippen molar-refractivity contribution in [2.75, 3.05) is 13.1 Å². The van der Waals surface area contributed by atoms with E-state index < -0.39 is 11.4 Å². The molecule has 0 spiro atoms. The number of likely N-dealkylation sites (tertiary alicyclic amines) is 1. The number of aryl methyl sites for hydroxylation is 1. The maximum absolute atomic E-state index is 11.6. The zero-order valence-electron chi connectivity index (χ0n) is 12.2. The van der Waals surface area contributed by atoms with Gasteiger partial charge in [0.2, 0.25) is 0 Å². The number of nitrogens with zero attached hydrogens (tertiary/aromatic N) is 1. The monoisotopic (exact) mass is 339 g/mol. The molecule has 1 N–H and O–H groups in total. The average Bonchev–Trinajstić information content (AvgIpc) is 2.78. The number of carboxylic acids is 1. The van der Waals surface area contributed by atoms with Crippen molar-refractivity contribution in [3.05, 3.63) is 33.8 Å². The highest BCUT2D eigenvalue weighted by molar-refractivity contribution is 9.10. The maximum atomic E-state index is 11.6. The Kier molecular flexibility index (Phi) is 4.86. The van der Waals surface area contributed by atoms with Crippen LogP contribution in [0.5, 0.6) is 0 Å². The normalized spacial score (nSPS) is 23.1. The molecule has 1 aromatic carbocycles. The number of aliphatic carboxylic acids is 1. The van der Waals surface area contributed by atoms with Crippen LogP contribution >= 0.6 is 15.9 Å². The summed E-state index contributed by atoms with van der Waals surface area (Å²) in [5.41, 5.74) is 1.92. The molecule has 0 aliphatic carbocycles. The van der Waals surface area contributed by atoms with Crippen LogP contribution in [-0.4, -0.2) is 29.1 Å². The van der Waals surface area contributed by atoms with Crippen molar-refractivity contribution in [3.8, 4) is 0 Å². The van der Waals surface area contributed by atoms with Crippen LogP contribution in [0.15, 0.2) is 22.7 Å². The minimum absolute atomic E-state index is 0.536. The van der Waals surface area contributed by atoms with Gasteiger partial charge in [0.05, 0.1) is 5.41 Å². The Morgan fingerprint density at radius 3 is 2.85 bits per heavy atom. The zero-order valence-corrected chi connectivity index (χ0v) is 13.7. The van der Waals surface area contributed by atoms with Gasteiger partial charge in [0, 0.05) is 17.6 Å². The smallest absolute Gasteiger partial charge is 0.310 e. The highest BCUT2D eigenvalue weighted by Gasteiger charge is 2.43. The standard InChI is InChI=1S/C16H22BrNO2/c1-3-6-16(15(19)20)7-8-18(11-16)10-13-5-4-12(2)9-14(13)17/h4-5,9H,3,6-8,10-11H2,1-2H3,(H,19,20). The molecule has 1 heterocycles. The summed E-state index contributed by atoms with van der Waals surface area (Å²) in [7, 11) is 0. The lowest BCUT2D eigenvalue weighted by atomic mass is 9.83. The van der Waals surface area contributed by atoms with E-state index in [0.29, 0.717) is 6.54 Å². The second-order valence-electron chi connectivity index (χ2n) is 5.89. The van der Waals surface area contributed by atoms with Gasteiger partial charge in [-0.15, -0.1) is 0 Å². The second kappa shape index (κ2) is 6.27. The molecule has 1 saturated heterocycles. The van der Waals surface area contributed by atoms with Crippen molar-refractivity contribution < 1.29 is 9.90 Å². The molecule has 0 aromatic heterocycles. The fourth-order valence-electron chi connectivity index (χ4n) is 3.08. The molecule has 1 unspecified atom stereocenters. The first-order valence-electron chi connectivity index (χ1n) is 7.17. The van der Waals surface area contributed by atoms with E-state index in [1.54, 1.807) is 0 Å². The van der Waals surface area contributed by atoms with E-state index in [9.17, 15) is 9.90 Å². The van der Waals surface area contributed by atoms with E-state index in [-0.39, 0.29) is 0 Å². The first kappa shape index (κ1) is 15.5. The Morgan fingerprint density at radius 1 is 1.50 bits per heavy atom. The van der Waals surface area contributed by atoms with Gasteiger partial charge in [0.15, 0.2) is 0 Å². The zero-order chi connectivity index (χ0) is 14.8. The van der Waals surface area contributed by atoms with Gasteiger partial charge in [-0.3, -0.25) is 9.69 Å². The van der Waals surface area contributed by atoms with Crippen LogP contribution in [0, 0.1) is 12.3 Å². The van der Waals surface area contributed by atoms with Crippen molar-refractivity contribution in [1.82, 2.24) is 4.90 Å². The topological polar surface area (TPSA) is 40.5 Å². The highest BCUT2D eigenvalue weighted by atomic mass is 79.9. The van der Waals surface area contributed by atoms with Gasteiger partial charge >= 0.3 is 5.97 Å². The van der Waals surface area contributed by atoms with Crippen molar-refractivity contribution in [1.29, 1.82) is 0 Å². The Labute approximate surface area is 129 Å². The summed E-state index contributed by atoms with van der Waals surface area (Å²) in [5, 5.41) is 9.53. The Balaban J connectivity index is 2.07. The molecule has 1 aromatic rings. The number of benzene rings is 1. The molecule has 20 heavy (non-hydrogen) atoms. The molecule has 0 bridgehead atoms. The van der Waals surface area contributed by atoms with Crippen molar-refractivity contribution in [2.45, 2.75) is 39.7 Å². The maximum Gasteiger partial charge on any atom is 0.310 e. The van der Waals surface area contributed by atoms with E-state index in [2.05, 4.69) is 52.9 Å². The summed E-state index contributed by atoms with van der Waals surface area (Å²) in [6.45, 7) is 6.48. The largest absolute Gasteiger partial charge is 0.481 e. The summed E-state index contributed by atoms with van der Waals surface area (Å²) in [6, 6.07) is 6.34. The molecule has 110 valence electrons. The summed E-state index contributed by atoms with van der Waals surface area (Å²) in [5.74, 6) is -0.634. The lowest BCUT2D eigenvalue weighted by Gasteiger charge is -2.24. The SMILES string of the molecule is CCCC1(C(=O)O)CCN(Cc2ccc(C)cc2Br)C1. The van der Waals surface area contributed by atoms with Crippen LogP contribution in [0.4, 0.5) is 0 Å². The van der Waals surface area contributed by atoms with Crippen LogP contribution in [0.25, 0.3) is 0 Å². The molecule has 1 atom stereocenters. The van der Waals surface area contributed by atoms with Gasteiger partial charge in [-0.05, 0) is 43.5 Å². The molecule has 1 fully saturated rings. The number of hydrogen-bond acceptors (Lipinski definition) is 2. The molecule has 3 nitrogen and oxygen atoms in total. The number of carbonyl (C=O) groups is 1. The van der Waals surface area contributed by atoms with E-state index in [0.717, 1.165) is 36.8 Å². The summed E-state index contributed by atoms with van der Waals surface area (Å²) >= 11 is 3.60. The van der Waals surface area contributed by atoms with E-state index in [4.69, 9.17) is 0 Å². The van der Waals surface area contributed by atoms with Gasteiger partial charge in [-0.1, -0.05) is 41.4 Å². The van der Waals surface area contributed by atoms with Gasteiger partial charge in [-0.2, -0.15) is 0 Å². The van der Waals surface area contributed by atoms with Crippen LogP contribution in [0.3, 0.4) is 0 Å². The van der Waals surface area contributed by atoms with E-state index in [1.807, 2.05) is 0 Å². The Hall–Kier alpha value is -0.870. The molecule has 0 saturated carbocycles. The third-order valence-corrected chi connectivity index (χ3v) is 4.96. The Morgan fingerprint density at radius 2 is 2.25 bits per heavy atom. The lowest BCUT2D eigenvalue weighted by Crippen LogP contribution is -2.34. The van der Waals surface area contributed by atoms with Crippen molar-refractivity contribution in [2.24, 2.45) is 5.41 Å². The predicted octanol–water partition coefficient (Wildman–Crippen LogP) is 3.83. The molecule has 1 aliphatic heterocycles. The predicted molar refractivity (Wildman–Crippen MR) is 83.7 cm³/mol. The minimum atomic E-state index is -0.634. The molecular formula is C16H22BrNO2. The summed E-state index contributed by atoms with van der Waals surface area (Å²) in [6.07, 6.45) is 2.46. The van der Waals surface area contributed by atoms with Gasteiger partial charge in [0.1, 0.15) is 0 Å². The fraction of sp³-hybridized carbons (Fsp3) is 0.562. The van der Waals surface area contributed by atoms with Crippen LogP contribution in [0.2, 0.25) is 0 Å². The van der Waals surface area contributed by atoms with Crippen LogP contribution in [0.1, 0.15) is 37.3 Å². The lowest BCUT2D eigenvalue weighted by molar-refractivity contribution is -0.148. The van der Waals surface area contributed by atoms with E-state index >= 15 is 0 Å². The molecule has 0 radical (unpaired) electrons. The van der Waals surface area contributed by atoms with Crippen molar-refractivity contribution >= 4 is 21.9 Å².